The molecule has 0 atom stereocenters. The zero-order valence-electron chi connectivity index (χ0n) is 15.0. The molecule has 5 rings (SSSR count). The van der Waals surface area contributed by atoms with Crippen molar-refractivity contribution in [2.45, 2.75) is 20.0 Å². The predicted molar refractivity (Wildman–Crippen MR) is 111 cm³/mol. The maximum Gasteiger partial charge on any atom is 0.213 e. The molecule has 28 heavy (non-hydrogen) atoms. The number of imidazole rings is 1. The smallest absolute Gasteiger partial charge is 0.213 e. The third kappa shape index (κ3) is 2.90. The predicted octanol–water partition coefficient (Wildman–Crippen LogP) is 5.25. The van der Waals surface area contributed by atoms with Gasteiger partial charge in [-0.3, -0.25) is 0 Å². The molecule has 0 radical (unpaired) electrons. The molecular weight excluding hydrogens is 394 g/mol. The molecule has 5 aromatic rings. The summed E-state index contributed by atoms with van der Waals surface area (Å²) < 4.78 is 7.43. The lowest BCUT2D eigenvalue weighted by atomic mass is 10.1. The molecule has 5 nitrogen and oxygen atoms in total. The molecular formula is C21H16ClN3O2S. The minimum absolute atomic E-state index is 0.143. The van der Waals surface area contributed by atoms with Crippen LogP contribution in [0.3, 0.4) is 0 Å². The van der Waals surface area contributed by atoms with Crippen LogP contribution in [0.2, 0.25) is 5.02 Å². The first-order valence-corrected chi connectivity index (χ1v) is 10.0. The summed E-state index contributed by atoms with van der Waals surface area (Å²) in [5, 5.41) is 17.3. The van der Waals surface area contributed by atoms with E-state index in [1.54, 1.807) is 10.8 Å². The van der Waals surface area contributed by atoms with Gasteiger partial charge in [0.15, 0.2) is 0 Å². The number of aliphatic hydroxyl groups is 1. The summed E-state index contributed by atoms with van der Waals surface area (Å²) in [5.41, 5.74) is 5.46. The van der Waals surface area contributed by atoms with Crippen LogP contribution >= 0.6 is 22.9 Å². The lowest BCUT2D eigenvalue weighted by Crippen LogP contribution is -1.97. The molecule has 0 aliphatic heterocycles. The zero-order chi connectivity index (χ0) is 19.3. The van der Waals surface area contributed by atoms with Crippen molar-refractivity contribution in [2.75, 3.05) is 0 Å². The Hall–Kier alpha value is -2.67. The SMILES string of the molecule is Cc1ccc2c(Cc3nn4c(CO)c(-c5ccc(Cl)cc5)nc4s3)coc2c1. The van der Waals surface area contributed by atoms with E-state index >= 15 is 0 Å². The van der Waals surface area contributed by atoms with E-state index < -0.39 is 0 Å². The second-order valence-electron chi connectivity index (χ2n) is 6.70. The molecule has 2 aromatic carbocycles. The first-order valence-electron chi connectivity index (χ1n) is 8.83. The number of aryl methyl sites for hydroxylation is 1. The van der Waals surface area contributed by atoms with Crippen LogP contribution in [0.25, 0.3) is 27.2 Å². The fourth-order valence-corrected chi connectivity index (χ4v) is 4.43. The minimum atomic E-state index is -0.143. The van der Waals surface area contributed by atoms with Crippen molar-refractivity contribution >= 4 is 38.9 Å². The summed E-state index contributed by atoms with van der Waals surface area (Å²) in [7, 11) is 0. The number of furan rings is 1. The third-order valence-electron chi connectivity index (χ3n) is 4.76. The quantitative estimate of drug-likeness (QED) is 0.440. The van der Waals surface area contributed by atoms with Gasteiger partial charge in [0.1, 0.15) is 10.6 Å². The van der Waals surface area contributed by atoms with E-state index in [-0.39, 0.29) is 6.61 Å². The number of rotatable bonds is 4. The van der Waals surface area contributed by atoms with E-state index in [1.807, 2.05) is 37.3 Å². The van der Waals surface area contributed by atoms with E-state index in [1.165, 1.54) is 16.9 Å². The average Bonchev–Trinajstić information content (AvgIpc) is 3.35. The van der Waals surface area contributed by atoms with Crippen molar-refractivity contribution in [3.05, 3.63) is 75.6 Å². The number of nitrogens with zero attached hydrogens (tertiary/aromatic N) is 3. The lowest BCUT2D eigenvalue weighted by molar-refractivity contribution is 0.275. The van der Waals surface area contributed by atoms with Crippen LogP contribution in [-0.2, 0) is 13.0 Å². The zero-order valence-corrected chi connectivity index (χ0v) is 16.6. The normalized spacial score (nSPS) is 11.7. The highest BCUT2D eigenvalue weighted by atomic mass is 35.5. The molecule has 3 aromatic heterocycles. The highest BCUT2D eigenvalue weighted by Crippen LogP contribution is 2.30. The Morgan fingerprint density at radius 1 is 1.18 bits per heavy atom. The van der Waals surface area contributed by atoms with E-state index in [4.69, 9.17) is 26.1 Å². The van der Waals surface area contributed by atoms with E-state index in [0.717, 1.165) is 37.8 Å². The maximum atomic E-state index is 9.92. The molecule has 140 valence electrons. The van der Waals surface area contributed by atoms with Gasteiger partial charge in [-0.1, -0.05) is 47.2 Å². The maximum absolute atomic E-state index is 9.92. The van der Waals surface area contributed by atoms with Gasteiger partial charge < -0.3 is 9.52 Å². The summed E-state index contributed by atoms with van der Waals surface area (Å²) in [6.07, 6.45) is 2.45. The van der Waals surface area contributed by atoms with E-state index in [2.05, 4.69) is 12.1 Å². The van der Waals surface area contributed by atoms with Gasteiger partial charge in [-0.2, -0.15) is 5.10 Å². The summed E-state index contributed by atoms with van der Waals surface area (Å²) in [6.45, 7) is 1.91. The molecule has 0 aliphatic rings. The second-order valence-corrected chi connectivity index (χ2v) is 8.18. The topological polar surface area (TPSA) is 63.6 Å². The molecule has 0 unspecified atom stereocenters. The van der Waals surface area contributed by atoms with Crippen molar-refractivity contribution in [3.8, 4) is 11.3 Å². The highest BCUT2D eigenvalue weighted by Gasteiger charge is 2.18. The van der Waals surface area contributed by atoms with Crippen LogP contribution in [0, 0.1) is 6.92 Å². The number of hydrogen-bond acceptors (Lipinski definition) is 5. The molecule has 0 fully saturated rings. The Morgan fingerprint density at radius 2 is 2.00 bits per heavy atom. The molecule has 0 saturated heterocycles. The van der Waals surface area contributed by atoms with Gasteiger partial charge in [0, 0.05) is 28.0 Å². The number of hydrogen-bond donors (Lipinski definition) is 1. The molecule has 0 bridgehead atoms. The van der Waals surface area contributed by atoms with Crippen molar-refractivity contribution in [1.29, 1.82) is 0 Å². The number of aliphatic hydroxyl groups excluding tert-OH is 1. The van der Waals surface area contributed by atoms with Crippen molar-refractivity contribution in [3.63, 3.8) is 0 Å². The van der Waals surface area contributed by atoms with Gasteiger partial charge in [-0.05, 0) is 30.7 Å². The number of aromatic nitrogens is 3. The second kappa shape index (κ2) is 6.74. The molecule has 1 N–H and O–H groups in total. The van der Waals surface area contributed by atoms with Crippen molar-refractivity contribution < 1.29 is 9.52 Å². The van der Waals surface area contributed by atoms with Crippen LogP contribution in [0.15, 0.2) is 53.1 Å². The Bertz CT molecular complexity index is 1300. The number of benzene rings is 2. The molecule has 0 amide bonds. The van der Waals surface area contributed by atoms with Crippen molar-refractivity contribution in [2.24, 2.45) is 0 Å². The number of fused-ring (bicyclic) bond motifs is 2. The minimum Gasteiger partial charge on any atom is -0.464 e. The average molecular weight is 410 g/mol. The largest absolute Gasteiger partial charge is 0.464 e. The van der Waals surface area contributed by atoms with Gasteiger partial charge in [-0.25, -0.2) is 9.50 Å². The lowest BCUT2D eigenvalue weighted by Gasteiger charge is -2.01. The van der Waals surface area contributed by atoms with Crippen LogP contribution < -0.4 is 0 Å². The van der Waals surface area contributed by atoms with Gasteiger partial charge in [-0.15, -0.1) is 0 Å². The molecule has 3 heterocycles. The van der Waals surface area contributed by atoms with Crippen LogP contribution in [-0.4, -0.2) is 19.7 Å². The Labute approximate surface area is 169 Å². The summed E-state index contributed by atoms with van der Waals surface area (Å²) in [6, 6.07) is 13.6. The van der Waals surface area contributed by atoms with Crippen molar-refractivity contribution in [1.82, 2.24) is 14.6 Å². The fraction of sp³-hybridized carbons (Fsp3) is 0.143. The Kier molecular flexibility index (Phi) is 4.19. The standard InChI is InChI=1S/C21H16ClN3O2S/c1-12-2-7-16-14(11-27-18(16)8-12)9-19-24-25-17(10-26)20(23-21(25)28-19)13-3-5-15(22)6-4-13/h2-8,11,26H,9-10H2,1H3. The fourth-order valence-electron chi connectivity index (χ4n) is 3.37. The Morgan fingerprint density at radius 3 is 2.79 bits per heavy atom. The highest BCUT2D eigenvalue weighted by molar-refractivity contribution is 7.16. The monoisotopic (exact) mass is 409 g/mol. The van der Waals surface area contributed by atoms with E-state index in [0.29, 0.717) is 17.1 Å². The van der Waals surface area contributed by atoms with Crippen LogP contribution in [0.4, 0.5) is 0 Å². The third-order valence-corrected chi connectivity index (χ3v) is 5.92. The summed E-state index contributed by atoms with van der Waals surface area (Å²) in [5.74, 6) is 0. The summed E-state index contributed by atoms with van der Waals surface area (Å²) in [4.78, 5) is 5.46. The van der Waals surface area contributed by atoms with Gasteiger partial charge in [0.25, 0.3) is 0 Å². The first-order chi connectivity index (χ1) is 13.6. The molecule has 7 heteroatoms. The molecule has 0 saturated carbocycles. The van der Waals surface area contributed by atoms with Crippen LogP contribution in [0.1, 0.15) is 21.8 Å². The van der Waals surface area contributed by atoms with Gasteiger partial charge in [0.2, 0.25) is 4.96 Å². The van der Waals surface area contributed by atoms with E-state index in [9.17, 15) is 5.11 Å². The summed E-state index contributed by atoms with van der Waals surface area (Å²) >= 11 is 7.49. The van der Waals surface area contributed by atoms with Crippen LogP contribution in [0.5, 0.6) is 0 Å². The Balaban J connectivity index is 1.53. The van der Waals surface area contributed by atoms with Gasteiger partial charge >= 0.3 is 0 Å². The first kappa shape index (κ1) is 17.4. The van der Waals surface area contributed by atoms with Gasteiger partial charge in [0.05, 0.1) is 24.3 Å². The molecule has 0 spiro atoms. The molecule has 0 aliphatic carbocycles. The number of halogens is 1.